The number of carboxylic acid groups (broad SMARTS) is 1. The molecule has 0 radical (unpaired) electrons. The summed E-state index contributed by atoms with van der Waals surface area (Å²) in [4.78, 5) is 30.5. The maximum absolute atomic E-state index is 13.0. The molecule has 2 heterocycles. The number of carboxylic acids is 1. The van der Waals surface area contributed by atoms with Gasteiger partial charge in [0.25, 0.3) is 5.91 Å². The molecule has 0 aliphatic carbocycles. The number of aromatic nitrogens is 1. The highest BCUT2D eigenvalue weighted by Crippen LogP contribution is 2.33. The normalized spacial score (nSPS) is 16.8. The Kier molecular flexibility index (Phi) is 4.20. The first kappa shape index (κ1) is 16.0. The molecule has 0 bridgehead atoms. The minimum absolute atomic E-state index is 0.192. The summed E-state index contributed by atoms with van der Waals surface area (Å²) in [6, 6.07) is 9.28. The highest BCUT2D eigenvalue weighted by molar-refractivity contribution is 5.98. The number of aliphatic carboxylic acids is 1. The van der Waals surface area contributed by atoms with Crippen LogP contribution >= 0.6 is 0 Å². The number of benzene rings is 1. The van der Waals surface area contributed by atoms with Crippen LogP contribution in [0.15, 0.2) is 36.4 Å². The summed E-state index contributed by atoms with van der Waals surface area (Å²) in [7, 11) is 0. The van der Waals surface area contributed by atoms with Crippen LogP contribution < -0.4 is 4.74 Å². The lowest BCUT2D eigenvalue weighted by atomic mass is 10.0. The Morgan fingerprint density at radius 3 is 2.67 bits per heavy atom. The Morgan fingerprint density at radius 1 is 1.21 bits per heavy atom. The number of ether oxygens (including phenoxy) is 1. The third-order valence-electron chi connectivity index (χ3n) is 4.07. The number of amides is 1. The maximum Gasteiger partial charge on any atom is 0.331 e. The van der Waals surface area contributed by atoms with Crippen LogP contribution in [0.3, 0.4) is 0 Å². The van der Waals surface area contributed by atoms with Crippen LogP contribution in [-0.2, 0) is 4.79 Å². The van der Waals surface area contributed by atoms with Gasteiger partial charge in [0.05, 0.1) is 17.8 Å². The third kappa shape index (κ3) is 2.82. The van der Waals surface area contributed by atoms with Crippen molar-refractivity contribution < 1.29 is 19.4 Å². The molecule has 0 saturated heterocycles. The zero-order valence-electron chi connectivity index (χ0n) is 13.5. The van der Waals surface area contributed by atoms with E-state index in [1.54, 1.807) is 43.3 Å². The molecule has 1 aromatic heterocycles. The molecule has 1 aliphatic rings. The molecule has 1 amide bonds. The van der Waals surface area contributed by atoms with Gasteiger partial charge < -0.3 is 14.7 Å². The van der Waals surface area contributed by atoms with Crippen LogP contribution in [0.5, 0.6) is 5.75 Å². The van der Waals surface area contributed by atoms with Crippen molar-refractivity contribution in [3.05, 3.63) is 58.9 Å². The number of aryl methyl sites for hydroxylation is 2. The maximum atomic E-state index is 13.0. The molecule has 24 heavy (non-hydrogen) atoms. The van der Waals surface area contributed by atoms with E-state index in [0.717, 1.165) is 5.69 Å². The van der Waals surface area contributed by atoms with E-state index >= 15 is 0 Å². The van der Waals surface area contributed by atoms with E-state index in [1.165, 1.54) is 4.90 Å². The van der Waals surface area contributed by atoms with E-state index in [0.29, 0.717) is 22.6 Å². The van der Waals surface area contributed by atoms with E-state index in [2.05, 4.69) is 4.98 Å². The van der Waals surface area contributed by atoms with Gasteiger partial charge in [0.15, 0.2) is 6.04 Å². The lowest BCUT2D eigenvalue weighted by Crippen LogP contribution is -2.40. The van der Waals surface area contributed by atoms with Gasteiger partial charge in [0, 0.05) is 11.3 Å². The van der Waals surface area contributed by atoms with Gasteiger partial charge in [-0.2, -0.15) is 0 Å². The number of carbonyl (C=O) groups excluding carboxylic acids is 1. The van der Waals surface area contributed by atoms with Crippen molar-refractivity contribution in [2.45, 2.75) is 19.9 Å². The first-order valence-corrected chi connectivity index (χ1v) is 7.69. The van der Waals surface area contributed by atoms with Crippen molar-refractivity contribution in [2.75, 3.05) is 13.2 Å². The number of carbonyl (C=O) groups is 2. The fourth-order valence-electron chi connectivity index (χ4n) is 2.94. The van der Waals surface area contributed by atoms with E-state index in [9.17, 15) is 14.7 Å². The van der Waals surface area contributed by atoms with Gasteiger partial charge >= 0.3 is 5.97 Å². The summed E-state index contributed by atoms with van der Waals surface area (Å²) in [6.07, 6.45) is 0. The molecule has 0 fully saturated rings. The molecule has 2 aromatic rings. The second-order valence-electron chi connectivity index (χ2n) is 5.71. The van der Waals surface area contributed by atoms with Crippen LogP contribution in [0.4, 0.5) is 0 Å². The molecule has 0 spiro atoms. The predicted octanol–water partition coefficient (Wildman–Crippen LogP) is 2.36. The van der Waals surface area contributed by atoms with Crippen molar-refractivity contribution in [3.8, 4) is 5.75 Å². The number of pyridine rings is 1. The monoisotopic (exact) mass is 326 g/mol. The Morgan fingerprint density at radius 2 is 1.96 bits per heavy atom. The number of hydrogen-bond donors (Lipinski definition) is 1. The fraction of sp³-hybridized carbons (Fsp3) is 0.278. The number of para-hydroxylation sites is 1. The summed E-state index contributed by atoms with van der Waals surface area (Å²) in [5.41, 5.74) is 2.28. The average Bonchev–Trinajstić information content (AvgIpc) is 2.73. The van der Waals surface area contributed by atoms with E-state index in [1.807, 2.05) is 6.92 Å². The number of hydrogen-bond acceptors (Lipinski definition) is 4. The molecule has 6 nitrogen and oxygen atoms in total. The lowest BCUT2D eigenvalue weighted by Gasteiger charge is -2.27. The Hall–Kier alpha value is -2.89. The molecule has 3 rings (SSSR count). The first-order chi connectivity index (χ1) is 11.5. The van der Waals surface area contributed by atoms with Crippen LogP contribution in [0.2, 0.25) is 0 Å². The summed E-state index contributed by atoms with van der Waals surface area (Å²) >= 11 is 0. The molecule has 0 saturated carbocycles. The van der Waals surface area contributed by atoms with Crippen molar-refractivity contribution in [3.63, 3.8) is 0 Å². The molecule has 1 aliphatic heterocycles. The van der Waals surface area contributed by atoms with E-state index in [-0.39, 0.29) is 19.1 Å². The highest BCUT2D eigenvalue weighted by Gasteiger charge is 2.36. The molecule has 6 heteroatoms. The SMILES string of the molecule is Cc1ccc(C(=O)N2CCOc3ccccc3C2C(=O)O)c(C)n1. The van der Waals surface area contributed by atoms with Gasteiger partial charge in [0.2, 0.25) is 0 Å². The quantitative estimate of drug-likeness (QED) is 0.916. The summed E-state index contributed by atoms with van der Waals surface area (Å²) in [6.45, 7) is 4.03. The zero-order valence-corrected chi connectivity index (χ0v) is 13.5. The zero-order chi connectivity index (χ0) is 17.3. The van der Waals surface area contributed by atoms with Crippen molar-refractivity contribution in [2.24, 2.45) is 0 Å². The Bertz CT molecular complexity index is 803. The van der Waals surface area contributed by atoms with Gasteiger partial charge in [-0.05, 0) is 32.0 Å². The largest absolute Gasteiger partial charge is 0.491 e. The van der Waals surface area contributed by atoms with Crippen LogP contribution in [0.1, 0.15) is 33.4 Å². The summed E-state index contributed by atoms with van der Waals surface area (Å²) < 4.78 is 5.62. The van der Waals surface area contributed by atoms with Gasteiger partial charge in [-0.1, -0.05) is 18.2 Å². The third-order valence-corrected chi connectivity index (χ3v) is 4.07. The average molecular weight is 326 g/mol. The molecule has 124 valence electrons. The van der Waals surface area contributed by atoms with Gasteiger partial charge in [0.1, 0.15) is 12.4 Å². The number of rotatable bonds is 2. The second kappa shape index (κ2) is 6.31. The lowest BCUT2D eigenvalue weighted by molar-refractivity contribution is -0.142. The number of nitrogens with zero attached hydrogens (tertiary/aromatic N) is 2. The molecule has 1 unspecified atom stereocenters. The Labute approximate surface area is 139 Å². The van der Waals surface area contributed by atoms with E-state index in [4.69, 9.17) is 4.74 Å². The minimum Gasteiger partial charge on any atom is -0.491 e. The second-order valence-corrected chi connectivity index (χ2v) is 5.71. The Balaban J connectivity index is 2.05. The van der Waals surface area contributed by atoms with Crippen molar-refractivity contribution in [1.29, 1.82) is 0 Å². The predicted molar refractivity (Wildman–Crippen MR) is 87.1 cm³/mol. The van der Waals surface area contributed by atoms with Crippen molar-refractivity contribution in [1.82, 2.24) is 9.88 Å². The van der Waals surface area contributed by atoms with Gasteiger partial charge in [-0.25, -0.2) is 4.79 Å². The van der Waals surface area contributed by atoms with Gasteiger partial charge in [-0.3, -0.25) is 9.78 Å². The fourth-order valence-corrected chi connectivity index (χ4v) is 2.94. The summed E-state index contributed by atoms with van der Waals surface area (Å²) in [5, 5.41) is 9.72. The van der Waals surface area contributed by atoms with Crippen LogP contribution in [-0.4, -0.2) is 40.0 Å². The van der Waals surface area contributed by atoms with Crippen LogP contribution in [0.25, 0.3) is 0 Å². The summed E-state index contributed by atoms with van der Waals surface area (Å²) in [5.74, 6) is -0.939. The molecular weight excluding hydrogens is 308 g/mol. The minimum atomic E-state index is -1.09. The molecule has 1 aromatic carbocycles. The first-order valence-electron chi connectivity index (χ1n) is 7.69. The number of fused-ring (bicyclic) bond motifs is 1. The molecule has 1 N–H and O–H groups in total. The van der Waals surface area contributed by atoms with Gasteiger partial charge in [-0.15, -0.1) is 0 Å². The molecule has 1 atom stereocenters. The molecular formula is C18H18N2O4. The van der Waals surface area contributed by atoms with Crippen LogP contribution in [0, 0.1) is 13.8 Å². The van der Waals surface area contributed by atoms with E-state index < -0.39 is 12.0 Å². The standard InChI is InChI=1S/C18H18N2O4/c1-11-7-8-13(12(2)19-11)17(21)20-9-10-24-15-6-4-3-5-14(15)16(20)18(22)23/h3-8,16H,9-10H2,1-2H3,(H,22,23). The highest BCUT2D eigenvalue weighted by atomic mass is 16.5. The topological polar surface area (TPSA) is 79.7 Å². The van der Waals surface area contributed by atoms with Crippen molar-refractivity contribution >= 4 is 11.9 Å². The smallest absolute Gasteiger partial charge is 0.331 e.